The van der Waals surface area contributed by atoms with Crippen LogP contribution in [0, 0.1) is 28.5 Å². The van der Waals surface area contributed by atoms with Crippen LogP contribution in [0.5, 0.6) is 11.9 Å². The molecule has 4 atom stereocenters. The smallest absolute Gasteiger partial charge is 0.417 e. The average molecular weight is 703 g/mol. The third-order valence-corrected chi connectivity index (χ3v) is 11.1. The van der Waals surface area contributed by atoms with Crippen LogP contribution in [0.3, 0.4) is 0 Å². The van der Waals surface area contributed by atoms with E-state index in [1.165, 1.54) is 13.2 Å². The number of aromatic nitrogens is 3. The highest BCUT2D eigenvalue weighted by atomic mass is 32.1. The number of alkyl halides is 4. The van der Waals surface area contributed by atoms with Gasteiger partial charge in [-0.25, -0.2) is 9.37 Å². The van der Waals surface area contributed by atoms with Gasteiger partial charge in [0.05, 0.1) is 31.5 Å². The molecule has 3 fully saturated rings. The van der Waals surface area contributed by atoms with Gasteiger partial charge >= 0.3 is 12.2 Å². The zero-order chi connectivity index (χ0) is 34.8. The summed E-state index contributed by atoms with van der Waals surface area (Å²) < 4.78 is 87.1. The largest absolute Gasteiger partial charge is 0.480 e. The van der Waals surface area contributed by atoms with E-state index in [0.717, 1.165) is 36.8 Å². The van der Waals surface area contributed by atoms with E-state index in [-0.39, 0.29) is 73.9 Å². The predicted molar refractivity (Wildman–Crippen MR) is 176 cm³/mol. The Morgan fingerprint density at radius 3 is 2.53 bits per heavy atom. The molecule has 3 saturated heterocycles. The van der Waals surface area contributed by atoms with Gasteiger partial charge in [-0.1, -0.05) is 6.92 Å². The fourth-order valence-electron chi connectivity index (χ4n) is 7.69. The molecule has 3 aliphatic heterocycles. The number of pyridine rings is 1. The van der Waals surface area contributed by atoms with Gasteiger partial charge in [0, 0.05) is 52.8 Å². The molecule has 0 spiro atoms. The summed E-state index contributed by atoms with van der Waals surface area (Å²) in [6, 6.07) is 4.01. The number of hydrogen-bond acceptors (Lipinski definition) is 11. The summed E-state index contributed by atoms with van der Waals surface area (Å²) in [4.78, 5) is 17.6. The van der Waals surface area contributed by atoms with Gasteiger partial charge in [-0.3, -0.25) is 4.39 Å². The number of nitrogens with one attached hydrogen (secondary N) is 1. The van der Waals surface area contributed by atoms with Gasteiger partial charge in [0.15, 0.2) is 5.82 Å². The third kappa shape index (κ3) is 5.75. The molecule has 3 aliphatic rings. The number of nitriles is 1. The number of likely N-dealkylation sites (tertiary alicyclic amines) is 1. The van der Waals surface area contributed by atoms with E-state index in [0.29, 0.717) is 26.1 Å². The summed E-state index contributed by atoms with van der Waals surface area (Å²) in [7, 11) is 3.23. The van der Waals surface area contributed by atoms with Gasteiger partial charge in [-0.15, -0.1) is 11.3 Å². The first-order valence-corrected chi connectivity index (χ1v) is 16.8. The average Bonchev–Trinajstić information content (AvgIpc) is 3.58. The van der Waals surface area contributed by atoms with Crippen molar-refractivity contribution in [3.05, 3.63) is 29.1 Å². The second-order valence-electron chi connectivity index (χ2n) is 13.5. The van der Waals surface area contributed by atoms with Crippen LogP contribution in [0.2, 0.25) is 0 Å². The number of fused-ring (bicyclic) bond motifs is 4. The lowest BCUT2D eigenvalue weighted by molar-refractivity contribution is -0.137. The zero-order valence-corrected chi connectivity index (χ0v) is 27.9. The minimum atomic E-state index is -4.94. The number of thiophene rings is 1. The number of benzene rings is 1. The number of anilines is 2. The van der Waals surface area contributed by atoms with Crippen LogP contribution >= 0.6 is 11.3 Å². The Hall–Kier alpha value is -4.07. The van der Waals surface area contributed by atoms with E-state index in [1.54, 1.807) is 0 Å². The summed E-state index contributed by atoms with van der Waals surface area (Å²) in [5, 5.41) is 13.4. The van der Waals surface area contributed by atoms with Crippen LogP contribution < -0.4 is 25.4 Å². The molecule has 49 heavy (non-hydrogen) atoms. The third-order valence-electron chi connectivity index (χ3n) is 10.2. The monoisotopic (exact) mass is 702 g/mol. The highest BCUT2D eigenvalue weighted by Crippen LogP contribution is 2.48. The van der Waals surface area contributed by atoms with Crippen molar-refractivity contribution >= 4 is 43.1 Å². The second-order valence-corrected chi connectivity index (χ2v) is 14.6. The van der Waals surface area contributed by atoms with Gasteiger partial charge in [0.2, 0.25) is 5.88 Å². The zero-order valence-electron chi connectivity index (χ0n) is 27.1. The molecule has 2 bridgehead atoms. The molecule has 3 aromatic heterocycles. The van der Waals surface area contributed by atoms with E-state index < -0.39 is 40.9 Å². The van der Waals surface area contributed by atoms with Crippen molar-refractivity contribution in [3.8, 4) is 29.2 Å². The standard InChI is InChI=1S/C33H35F5N8O2S/c1-32(14-45(2)9-8-16(32)10-34)15-48-31-43-27-24(29(44-31)46-12-17-4-5-18(13-46)41-17)30(47-3)42-26(25(27)35)23-20(33(36,37)38)6-7-21-22(23)19(11-39)28(40)49-21/h6-7,16-18,41H,4-5,8-10,12-15,40H2,1-3H3/t16-,17-,18+,32+/m1/s1. The number of nitrogen functional groups attached to an aromatic ring is 1. The number of halogens is 5. The summed E-state index contributed by atoms with van der Waals surface area (Å²) >= 11 is 0.921. The van der Waals surface area contributed by atoms with Gasteiger partial charge in [-0.2, -0.15) is 28.4 Å². The van der Waals surface area contributed by atoms with Crippen LogP contribution in [0.15, 0.2) is 12.1 Å². The molecule has 10 nitrogen and oxygen atoms in total. The summed E-state index contributed by atoms with van der Waals surface area (Å²) in [5.41, 5.74) is 2.32. The Morgan fingerprint density at radius 1 is 1.14 bits per heavy atom. The molecule has 260 valence electrons. The molecular formula is C33H35F5N8O2S. The lowest BCUT2D eigenvalue weighted by Gasteiger charge is -2.43. The molecule has 3 N–H and O–H groups in total. The van der Waals surface area contributed by atoms with Gasteiger partial charge in [0.1, 0.15) is 33.5 Å². The molecule has 6 heterocycles. The lowest BCUT2D eigenvalue weighted by atomic mass is 9.73. The van der Waals surface area contributed by atoms with Gasteiger partial charge < -0.3 is 30.3 Å². The predicted octanol–water partition coefficient (Wildman–Crippen LogP) is 5.77. The van der Waals surface area contributed by atoms with Crippen molar-refractivity contribution in [1.29, 1.82) is 5.26 Å². The summed E-state index contributed by atoms with van der Waals surface area (Å²) in [5.74, 6) is -1.37. The molecule has 0 aliphatic carbocycles. The normalized spacial score (nSPS) is 24.5. The Labute approximate surface area is 283 Å². The van der Waals surface area contributed by atoms with Gasteiger partial charge in [0.25, 0.3) is 0 Å². The van der Waals surface area contributed by atoms with Crippen LogP contribution in [-0.2, 0) is 6.18 Å². The maximum Gasteiger partial charge on any atom is 0.417 e. The first-order valence-electron chi connectivity index (χ1n) is 16.0. The number of ether oxygens (including phenoxy) is 2. The first-order chi connectivity index (χ1) is 23.3. The van der Waals surface area contributed by atoms with Crippen LogP contribution in [-0.4, -0.2) is 85.6 Å². The number of nitrogens with zero attached hydrogens (tertiary/aromatic N) is 6. The molecule has 0 unspecified atom stereocenters. The Kier molecular flexibility index (Phi) is 8.43. The molecule has 0 saturated carbocycles. The number of rotatable bonds is 7. The highest BCUT2D eigenvalue weighted by molar-refractivity contribution is 7.23. The molecular weight excluding hydrogens is 667 g/mol. The molecule has 16 heteroatoms. The van der Waals surface area contributed by atoms with Crippen molar-refractivity contribution in [2.45, 2.75) is 44.4 Å². The SMILES string of the molecule is COc1nc(-c2c(C(F)(F)F)ccc3sc(N)c(C#N)c23)c(F)c2nc(OC[C@]3(C)CN(C)CC[C@@H]3CF)nc(N3C[C@H]4CC[C@@H](C3)N4)c12. The number of nitrogens with two attached hydrogens (primary N) is 1. The second kappa shape index (κ2) is 12.4. The summed E-state index contributed by atoms with van der Waals surface area (Å²) in [6.45, 7) is 3.76. The molecule has 0 radical (unpaired) electrons. The minimum absolute atomic E-state index is 0.00620. The minimum Gasteiger partial charge on any atom is -0.480 e. The van der Waals surface area contributed by atoms with Crippen LogP contribution in [0.25, 0.3) is 32.2 Å². The Bertz CT molecular complexity index is 1970. The van der Waals surface area contributed by atoms with Crippen molar-refractivity contribution in [3.63, 3.8) is 0 Å². The molecule has 7 rings (SSSR count). The van der Waals surface area contributed by atoms with Crippen LogP contribution in [0.1, 0.15) is 37.3 Å². The number of piperazine rings is 1. The molecule has 0 amide bonds. The van der Waals surface area contributed by atoms with E-state index >= 15 is 4.39 Å². The quantitative estimate of drug-likeness (QED) is 0.229. The fraction of sp³-hybridized carbons (Fsp3) is 0.515. The van der Waals surface area contributed by atoms with E-state index in [9.17, 15) is 22.8 Å². The van der Waals surface area contributed by atoms with E-state index in [1.807, 2.05) is 24.9 Å². The molecule has 1 aromatic carbocycles. The fourth-order valence-corrected chi connectivity index (χ4v) is 8.62. The number of piperidine rings is 1. The van der Waals surface area contributed by atoms with Crippen molar-refractivity contribution in [1.82, 2.24) is 25.2 Å². The highest BCUT2D eigenvalue weighted by Gasteiger charge is 2.41. The molecule has 4 aromatic rings. The lowest BCUT2D eigenvalue weighted by Crippen LogP contribution is -2.51. The van der Waals surface area contributed by atoms with Crippen molar-refractivity contribution in [2.24, 2.45) is 11.3 Å². The van der Waals surface area contributed by atoms with E-state index in [4.69, 9.17) is 20.2 Å². The Balaban J connectivity index is 1.46. The van der Waals surface area contributed by atoms with Crippen molar-refractivity contribution < 1.29 is 31.4 Å². The van der Waals surface area contributed by atoms with Gasteiger partial charge in [-0.05, 0) is 50.9 Å². The number of hydrogen-bond donors (Lipinski definition) is 2. The maximum absolute atomic E-state index is 17.1. The van der Waals surface area contributed by atoms with Crippen molar-refractivity contribution in [2.75, 3.05) is 64.3 Å². The first kappa shape index (κ1) is 33.4. The van der Waals surface area contributed by atoms with Crippen LogP contribution in [0.4, 0.5) is 32.8 Å². The topological polar surface area (TPSA) is 125 Å². The summed E-state index contributed by atoms with van der Waals surface area (Å²) in [6.07, 6.45) is -2.43. The van der Waals surface area contributed by atoms with E-state index in [2.05, 4.69) is 20.2 Å². The Morgan fingerprint density at radius 2 is 1.88 bits per heavy atom. The number of methoxy groups -OCH3 is 1. The maximum atomic E-state index is 17.1.